The molecule has 0 aromatic carbocycles. The van der Waals surface area contributed by atoms with E-state index >= 15 is 0 Å². The van der Waals surface area contributed by atoms with Gasteiger partial charge in [-0.1, -0.05) is 20.8 Å². The average Bonchev–Trinajstić information content (AvgIpc) is 3.54. The van der Waals surface area contributed by atoms with Gasteiger partial charge in [0.2, 0.25) is 0 Å². The van der Waals surface area contributed by atoms with Crippen molar-refractivity contribution in [1.29, 1.82) is 0 Å². The van der Waals surface area contributed by atoms with E-state index in [-0.39, 0.29) is 17.8 Å². The van der Waals surface area contributed by atoms with Crippen molar-refractivity contribution in [2.75, 3.05) is 0 Å². The fourth-order valence-electron chi connectivity index (χ4n) is 4.53. The second-order valence-corrected chi connectivity index (χ2v) is 15.2. The highest BCUT2D eigenvalue weighted by molar-refractivity contribution is 7.87. The van der Waals surface area contributed by atoms with Crippen LogP contribution in [0, 0.1) is 17.8 Å². The number of carbonyl (C=O) groups excluding carboxylic acids is 2. The molecule has 26 heteroatoms. The third kappa shape index (κ3) is 14.5. The summed E-state index contributed by atoms with van der Waals surface area (Å²) in [5, 5.41) is 34.5. The number of hydrogen-bond acceptors (Lipinski definition) is 13. The van der Waals surface area contributed by atoms with E-state index < -0.39 is 99.6 Å². The van der Waals surface area contributed by atoms with Crippen LogP contribution in [0.1, 0.15) is 74.7 Å². The first-order valence-electron chi connectivity index (χ1n) is 15.2. The third-order valence-corrected chi connectivity index (χ3v) is 9.35. The first-order chi connectivity index (χ1) is 23.7. The number of rotatable bonds is 13. The molecular formula is C28H38F10O15S-2. The molecule has 3 fully saturated rings. The highest BCUT2D eigenvalue weighted by atomic mass is 32.2. The van der Waals surface area contributed by atoms with Crippen LogP contribution in [-0.2, 0) is 52.4 Å². The van der Waals surface area contributed by atoms with Crippen LogP contribution in [0.3, 0.4) is 0 Å². The van der Waals surface area contributed by atoms with E-state index in [0.717, 1.165) is 6.92 Å². The Labute approximate surface area is 300 Å². The molecule has 0 radical (unpaired) electrons. The monoisotopic (exact) mass is 836 g/mol. The molecule has 2 aliphatic carbocycles. The molecule has 1 aliphatic heterocycles. The lowest BCUT2D eigenvalue weighted by Gasteiger charge is -2.33. The summed E-state index contributed by atoms with van der Waals surface area (Å²) in [5.74, 6) is -11.2. The summed E-state index contributed by atoms with van der Waals surface area (Å²) in [6, 6.07) is 0. The van der Waals surface area contributed by atoms with Crippen molar-refractivity contribution in [1.82, 2.24) is 0 Å². The SMILES string of the molecule is CC(C)(C)OC(F)(F)C(=O)[O-].CC(C)C(C)(C)OC(F)(F)C(=O)[O-].CCC(F)(F)OC(F)(F)C(=O)O.O=C(O)C(F)(F)OC1C2CC3OS(=O)(=O)C1C3C2. The molecule has 2 bridgehead atoms. The van der Waals surface area contributed by atoms with Crippen molar-refractivity contribution in [3.05, 3.63) is 0 Å². The van der Waals surface area contributed by atoms with E-state index in [4.69, 9.17) is 14.4 Å². The van der Waals surface area contributed by atoms with Gasteiger partial charge in [0.05, 0.1) is 23.4 Å². The van der Waals surface area contributed by atoms with Gasteiger partial charge in [0.15, 0.2) is 0 Å². The first kappa shape index (κ1) is 50.9. The van der Waals surface area contributed by atoms with Gasteiger partial charge in [-0.15, -0.1) is 0 Å². The summed E-state index contributed by atoms with van der Waals surface area (Å²) in [4.78, 5) is 39.6. The van der Waals surface area contributed by atoms with Gasteiger partial charge in [0, 0.05) is 12.3 Å². The zero-order valence-electron chi connectivity index (χ0n) is 29.5. The summed E-state index contributed by atoms with van der Waals surface area (Å²) < 4.78 is 167. The molecule has 5 unspecified atom stereocenters. The zero-order valence-corrected chi connectivity index (χ0v) is 30.3. The quantitative estimate of drug-likeness (QED) is 0.201. The maximum absolute atomic E-state index is 13.0. The molecule has 0 aromatic heterocycles. The van der Waals surface area contributed by atoms with Gasteiger partial charge in [0.1, 0.15) is 17.2 Å². The van der Waals surface area contributed by atoms with E-state index in [1.807, 2.05) is 0 Å². The number of hydrogen-bond donors (Lipinski definition) is 2. The van der Waals surface area contributed by atoms with E-state index in [9.17, 15) is 81.7 Å². The second-order valence-electron chi connectivity index (χ2n) is 13.5. The molecule has 5 atom stereocenters. The smallest absolute Gasteiger partial charge is 0.460 e. The third-order valence-electron chi connectivity index (χ3n) is 7.55. The lowest BCUT2D eigenvalue weighted by atomic mass is 9.95. The molecule has 1 saturated heterocycles. The van der Waals surface area contributed by atoms with E-state index in [0.29, 0.717) is 12.8 Å². The molecule has 15 nitrogen and oxygen atoms in total. The molecule has 2 saturated carbocycles. The van der Waals surface area contributed by atoms with Crippen LogP contribution in [-0.4, -0.2) is 102 Å². The molecule has 3 aliphatic rings. The topological polar surface area (TPSA) is 235 Å². The lowest BCUT2D eigenvalue weighted by molar-refractivity contribution is -0.377. The Morgan fingerprint density at radius 1 is 0.741 bits per heavy atom. The summed E-state index contributed by atoms with van der Waals surface area (Å²) >= 11 is 0. The van der Waals surface area contributed by atoms with Crippen LogP contribution < -0.4 is 10.2 Å². The molecule has 3 rings (SSSR count). The van der Waals surface area contributed by atoms with Gasteiger partial charge in [-0.25, -0.2) is 14.3 Å². The van der Waals surface area contributed by atoms with Crippen LogP contribution in [0.15, 0.2) is 0 Å². The Hall–Kier alpha value is -3.07. The number of carboxylic acid groups (broad SMARTS) is 4. The maximum atomic E-state index is 13.0. The van der Waals surface area contributed by atoms with Gasteiger partial charge in [-0.3, -0.25) is 4.18 Å². The average molecular weight is 837 g/mol. The predicted octanol–water partition coefficient (Wildman–Crippen LogP) is 2.79. The fraction of sp³-hybridized carbons (Fsp3) is 0.857. The molecule has 0 aromatic rings. The van der Waals surface area contributed by atoms with Crippen LogP contribution in [0.5, 0.6) is 0 Å². The Bertz CT molecular complexity index is 1450. The van der Waals surface area contributed by atoms with Gasteiger partial charge in [0.25, 0.3) is 10.1 Å². The number of carboxylic acids is 4. The first-order valence-corrected chi connectivity index (χ1v) is 16.6. The largest absolute Gasteiger partial charge is 0.542 e. The highest BCUT2D eigenvalue weighted by Gasteiger charge is 2.67. The van der Waals surface area contributed by atoms with E-state index in [1.54, 1.807) is 13.8 Å². The number of ether oxygens (including phenoxy) is 4. The number of aliphatic carboxylic acids is 4. The Kier molecular flexibility index (Phi) is 16.4. The van der Waals surface area contributed by atoms with E-state index in [1.165, 1.54) is 34.6 Å². The molecule has 54 heavy (non-hydrogen) atoms. The van der Waals surface area contributed by atoms with Gasteiger partial charge < -0.3 is 44.2 Å². The van der Waals surface area contributed by atoms with Crippen molar-refractivity contribution in [3.8, 4) is 0 Å². The molecule has 1 heterocycles. The van der Waals surface area contributed by atoms with Crippen LogP contribution in [0.2, 0.25) is 0 Å². The van der Waals surface area contributed by atoms with Crippen LogP contribution in [0.25, 0.3) is 0 Å². The summed E-state index contributed by atoms with van der Waals surface area (Å²) in [6.07, 6.45) is -23.8. The molecule has 0 amide bonds. The van der Waals surface area contributed by atoms with Gasteiger partial charge in [-0.2, -0.15) is 52.3 Å². The number of halogens is 10. The van der Waals surface area contributed by atoms with Crippen molar-refractivity contribution in [3.63, 3.8) is 0 Å². The number of fused-ring (bicyclic) bond motifs is 1. The van der Waals surface area contributed by atoms with Gasteiger partial charge in [-0.05, 0) is 59.3 Å². The summed E-state index contributed by atoms with van der Waals surface area (Å²) in [6.45, 7) is 11.0. The van der Waals surface area contributed by atoms with Crippen LogP contribution in [0.4, 0.5) is 43.9 Å². The number of alkyl halides is 10. The predicted molar refractivity (Wildman–Crippen MR) is 151 cm³/mol. The molecular weight excluding hydrogens is 798 g/mol. The Balaban J connectivity index is 0.000000712. The minimum Gasteiger partial charge on any atom is -0.542 e. The Morgan fingerprint density at radius 3 is 1.50 bits per heavy atom. The minimum absolute atomic E-state index is 0.224. The summed E-state index contributed by atoms with van der Waals surface area (Å²) in [7, 11) is -3.93. The fourth-order valence-corrected chi connectivity index (χ4v) is 6.54. The van der Waals surface area contributed by atoms with Gasteiger partial charge >= 0.3 is 42.5 Å². The zero-order chi connectivity index (χ0) is 43.4. The summed E-state index contributed by atoms with van der Waals surface area (Å²) in [5.41, 5.74) is -2.41. The second kappa shape index (κ2) is 17.4. The normalized spacial score (nSPS) is 23.6. The van der Waals surface area contributed by atoms with Crippen molar-refractivity contribution in [2.45, 2.75) is 134 Å². The Morgan fingerprint density at radius 2 is 1.17 bits per heavy atom. The van der Waals surface area contributed by atoms with Crippen molar-refractivity contribution in [2.24, 2.45) is 17.8 Å². The molecule has 0 spiro atoms. The highest BCUT2D eigenvalue weighted by Crippen LogP contribution is 2.56. The van der Waals surface area contributed by atoms with Crippen LogP contribution >= 0.6 is 0 Å². The molecule has 2 N–H and O–H groups in total. The molecule has 318 valence electrons. The standard InChI is InChI=1S/C9H10F2O6S.C8H14F2O3.C6H10F2O3.C5H6F4O3/c10-9(11,8(12)13)16-6-3-1-4-5(2-3)17-18(14,15)7(4)6;1-5(2)7(3,4)13-8(9,10)6(11)12;1-5(2,3)11-6(7,8)4(9)10;1-2-4(6,7)12-5(8,9)3(10)11/h3-7H,1-2H2,(H,12,13);5H,1-4H3,(H,11,12);1-3H3,(H,9,10);2H2,1H3,(H,10,11)/p-2. The number of carbonyl (C=O) groups is 4. The lowest BCUT2D eigenvalue weighted by Crippen LogP contribution is -2.49. The van der Waals surface area contributed by atoms with E-state index in [2.05, 4.69) is 18.9 Å². The van der Waals surface area contributed by atoms with Crippen molar-refractivity contribution < 1.29 is 115 Å². The maximum Gasteiger partial charge on any atom is 0.460 e. The minimum atomic E-state index is -4.85. The van der Waals surface area contributed by atoms with Crippen molar-refractivity contribution >= 4 is 34.0 Å².